The minimum atomic E-state index is 0.397. The van der Waals surface area contributed by atoms with Gasteiger partial charge in [-0.25, -0.2) is 0 Å². The summed E-state index contributed by atoms with van der Waals surface area (Å²) in [6.45, 7) is 5.09. The molecule has 0 aromatic heterocycles. The highest BCUT2D eigenvalue weighted by molar-refractivity contribution is 9.09. The van der Waals surface area contributed by atoms with Crippen molar-refractivity contribution < 1.29 is 4.74 Å². The van der Waals surface area contributed by atoms with E-state index in [1.807, 2.05) is 6.92 Å². The fourth-order valence-corrected chi connectivity index (χ4v) is 3.07. The highest BCUT2D eigenvalue weighted by Crippen LogP contribution is 2.54. The van der Waals surface area contributed by atoms with Gasteiger partial charge in [0.1, 0.15) is 5.75 Å². The zero-order chi connectivity index (χ0) is 10.9. The van der Waals surface area contributed by atoms with Crippen molar-refractivity contribution in [3.05, 3.63) is 29.8 Å². The Hall–Kier alpha value is -0.500. The van der Waals surface area contributed by atoms with Crippen LogP contribution in [0, 0.1) is 5.92 Å². The quantitative estimate of drug-likeness (QED) is 0.756. The summed E-state index contributed by atoms with van der Waals surface area (Å²) < 4.78 is 5.44. The highest BCUT2D eigenvalue weighted by Gasteiger charge is 2.50. The first-order chi connectivity index (χ1) is 7.20. The molecule has 1 saturated carbocycles. The van der Waals surface area contributed by atoms with Crippen LogP contribution in [0.5, 0.6) is 5.75 Å². The van der Waals surface area contributed by atoms with Crippen LogP contribution in [-0.2, 0) is 5.41 Å². The SMILES string of the molecule is CCOc1ccc(C2(C)CC2CBr)cc1. The minimum absolute atomic E-state index is 0.397. The second kappa shape index (κ2) is 4.17. The van der Waals surface area contributed by atoms with Gasteiger partial charge in [-0.2, -0.15) is 0 Å². The molecule has 1 aliphatic carbocycles. The number of rotatable bonds is 4. The van der Waals surface area contributed by atoms with E-state index in [1.54, 1.807) is 0 Å². The van der Waals surface area contributed by atoms with E-state index in [9.17, 15) is 0 Å². The third-order valence-corrected chi connectivity index (χ3v) is 4.20. The molecule has 0 heterocycles. The summed E-state index contributed by atoms with van der Waals surface area (Å²) in [4.78, 5) is 0. The molecule has 15 heavy (non-hydrogen) atoms. The van der Waals surface area contributed by atoms with E-state index >= 15 is 0 Å². The molecular formula is C13H17BrO. The van der Waals surface area contributed by atoms with Crippen molar-refractivity contribution in [1.82, 2.24) is 0 Å². The first-order valence-corrected chi connectivity index (χ1v) is 6.62. The molecule has 0 bridgehead atoms. The van der Waals surface area contributed by atoms with E-state index in [0.717, 1.165) is 23.6 Å². The van der Waals surface area contributed by atoms with Crippen LogP contribution in [0.15, 0.2) is 24.3 Å². The number of ether oxygens (including phenoxy) is 1. The zero-order valence-electron chi connectivity index (χ0n) is 9.29. The molecule has 1 aromatic rings. The van der Waals surface area contributed by atoms with Crippen LogP contribution >= 0.6 is 15.9 Å². The van der Waals surface area contributed by atoms with Crippen LogP contribution in [0.2, 0.25) is 0 Å². The molecule has 82 valence electrons. The van der Waals surface area contributed by atoms with Gasteiger partial charge >= 0.3 is 0 Å². The largest absolute Gasteiger partial charge is 0.494 e. The Labute approximate surface area is 100.0 Å². The van der Waals surface area contributed by atoms with Gasteiger partial charge in [-0.05, 0) is 42.4 Å². The van der Waals surface area contributed by atoms with Gasteiger partial charge < -0.3 is 4.74 Å². The predicted octanol–water partition coefficient (Wildman–Crippen LogP) is 3.76. The Morgan fingerprint density at radius 1 is 1.40 bits per heavy atom. The van der Waals surface area contributed by atoms with Crippen LogP contribution in [0.25, 0.3) is 0 Å². The number of alkyl halides is 1. The molecule has 0 saturated heterocycles. The molecular weight excluding hydrogens is 252 g/mol. The molecule has 2 heteroatoms. The number of halogens is 1. The Bertz CT molecular complexity index is 333. The smallest absolute Gasteiger partial charge is 0.119 e. The molecule has 1 nitrogen and oxygen atoms in total. The van der Waals surface area contributed by atoms with Gasteiger partial charge in [-0.15, -0.1) is 0 Å². The molecule has 1 aromatic carbocycles. The Kier molecular flexibility index (Phi) is 3.06. The van der Waals surface area contributed by atoms with Crippen molar-refractivity contribution in [3.8, 4) is 5.75 Å². The number of benzene rings is 1. The maximum Gasteiger partial charge on any atom is 0.119 e. The second-order valence-electron chi connectivity index (χ2n) is 4.43. The molecule has 1 aliphatic rings. The van der Waals surface area contributed by atoms with Gasteiger partial charge in [-0.1, -0.05) is 35.0 Å². The summed E-state index contributed by atoms with van der Waals surface area (Å²) in [5.74, 6) is 1.77. The Balaban J connectivity index is 2.11. The molecule has 2 atom stereocenters. The second-order valence-corrected chi connectivity index (χ2v) is 5.08. The van der Waals surface area contributed by atoms with Crippen LogP contribution in [0.4, 0.5) is 0 Å². The van der Waals surface area contributed by atoms with E-state index in [-0.39, 0.29) is 0 Å². The molecule has 1 fully saturated rings. The van der Waals surface area contributed by atoms with Gasteiger partial charge in [-0.3, -0.25) is 0 Å². The fourth-order valence-electron chi connectivity index (χ4n) is 2.13. The highest BCUT2D eigenvalue weighted by atomic mass is 79.9. The standard InChI is InChI=1S/C13H17BrO/c1-3-15-12-6-4-10(5-7-12)13(2)8-11(13)9-14/h4-7,11H,3,8-9H2,1-2H3. The average molecular weight is 269 g/mol. The molecule has 0 radical (unpaired) electrons. The summed E-state index contributed by atoms with van der Waals surface area (Å²) in [5.41, 5.74) is 1.84. The topological polar surface area (TPSA) is 9.23 Å². The average Bonchev–Trinajstić information content (AvgIpc) is 2.93. The van der Waals surface area contributed by atoms with Crippen LogP contribution in [0.1, 0.15) is 25.8 Å². The zero-order valence-corrected chi connectivity index (χ0v) is 10.9. The molecule has 2 rings (SSSR count). The summed E-state index contributed by atoms with van der Waals surface area (Å²) in [6.07, 6.45) is 1.30. The maximum atomic E-state index is 5.44. The lowest BCUT2D eigenvalue weighted by atomic mass is 9.96. The van der Waals surface area contributed by atoms with Crippen molar-refractivity contribution in [1.29, 1.82) is 0 Å². The van der Waals surface area contributed by atoms with E-state index < -0.39 is 0 Å². The van der Waals surface area contributed by atoms with Gasteiger partial charge in [0.25, 0.3) is 0 Å². The third kappa shape index (κ3) is 2.05. The normalized spacial score (nSPS) is 28.9. The summed E-state index contributed by atoms with van der Waals surface area (Å²) in [5, 5.41) is 1.11. The van der Waals surface area contributed by atoms with E-state index in [2.05, 4.69) is 47.1 Å². The van der Waals surface area contributed by atoms with Crippen LogP contribution in [-0.4, -0.2) is 11.9 Å². The van der Waals surface area contributed by atoms with Gasteiger partial charge in [0.15, 0.2) is 0 Å². The number of hydrogen-bond donors (Lipinski definition) is 0. The van der Waals surface area contributed by atoms with Crippen molar-refractivity contribution in [2.24, 2.45) is 5.92 Å². The van der Waals surface area contributed by atoms with Crippen LogP contribution < -0.4 is 4.74 Å². The summed E-state index contributed by atoms with van der Waals surface area (Å²) in [6, 6.07) is 8.56. The molecule has 0 N–H and O–H groups in total. The van der Waals surface area contributed by atoms with Crippen molar-refractivity contribution in [2.45, 2.75) is 25.7 Å². The Morgan fingerprint density at radius 2 is 2.07 bits per heavy atom. The summed E-state index contributed by atoms with van der Waals surface area (Å²) in [7, 11) is 0. The van der Waals surface area contributed by atoms with Crippen molar-refractivity contribution >= 4 is 15.9 Å². The maximum absolute atomic E-state index is 5.44. The molecule has 0 aliphatic heterocycles. The monoisotopic (exact) mass is 268 g/mol. The lowest BCUT2D eigenvalue weighted by Gasteiger charge is -2.11. The van der Waals surface area contributed by atoms with E-state index in [4.69, 9.17) is 4.74 Å². The lowest BCUT2D eigenvalue weighted by molar-refractivity contribution is 0.340. The fraction of sp³-hybridized carbons (Fsp3) is 0.538. The van der Waals surface area contributed by atoms with Crippen molar-refractivity contribution in [3.63, 3.8) is 0 Å². The summed E-state index contributed by atoms with van der Waals surface area (Å²) >= 11 is 3.56. The lowest BCUT2D eigenvalue weighted by Crippen LogP contribution is -2.05. The molecule has 0 amide bonds. The third-order valence-electron chi connectivity index (χ3n) is 3.42. The first-order valence-electron chi connectivity index (χ1n) is 5.50. The first kappa shape index (κ1) is 11.0. The molecule has 0 spiro atoms. The van der Waals surface area contributed by atoms with E-state index in [1.165, 1.54) is 12.0 Å². The van der Waals surface area contributed by atoms with Crippen molar-refractivity contribution in [2.75, 3.05) is 11.9 Å². The Morgan fingerprint density at radius 3 is 2.53 bits per heavy atom. The minimum Gasteiger partial charge on any atom is -0.494 e. The molecule has 2 unspecified atom stereocenters. The predicted molar refractivity (Wildman–Crippen MR) is 66.9 cm³/mol. The van der Waals surface area contributed by atoms with Crippen LogP contribution in [0.3, 0.4) is 0 Å². The van der Waals surface area contributed by atoms with E-state index in [0.29, 0.717) is 5.41 Å². The van der Waals surface area contributed by atoms with Gasteiger partial charge in [0.2, 0.25) is 0 Å². The van der Waals surface area contributed by atoms with Gasteiger partial charge in [0.05, 0.1) is 6.61 Å². The van der Waals surface area contributed by atoms with Gasteiger partial charge in [0, 0.05) is 5.33 Å². The number of hydrogen-bond acceptors (Lipinski definition) is 1.